The van der Waals surface area contributed by atoms with Gasteiger partial charge in [-0.3, -0.25) is 4.79 Å². The highest BCUT2D eigenvalue weighted by Crippen LogP contribution is 2.56. The zero-order chi connectivity index (χ0) is 11.8. The Morgan fingerprint density at radius 1 is 1.06 bits per heavy atom. The smallest absolute Gasteiger partial charge is 0.162 e. The second-order valence-corrected chi connectivity index (χ2v) is 6.48. The molecule has 2 nitrogen and oxygen atoms in total. The third-order valence-electron chi connectivity index (χ3n) is 5.19. The van der Waals surface area contributed by atoms with E-state index in [1.165, 1.54) is 32.1 Å². The number of carbonyl (C=O) groups excluding carboxylic acids is 1. The Kier molecular flexibility index (Phi) is 3.25. The van der Waals surface area contributed by atoms with E-state index in [9.17, 15) is 4.79 Å². The van der Waals surface area contributed by atoms with E-state index in [2.05, 4.69) is 6.92 Å². The molecular weight excluding hydrogens is 212 g/mol. The summed E-state index contributed by atoms with van der Waals surface area (Å²) in [7, 11) is 0. The summed E-state index contributed by atoms with van der Waals surface area (Å²) in [4.78, 5) is 12.3. The van der Waals surface area contributed by atoms with Gasteiger partial charge in [0.05, 0.1) is 0 Å². The lowest BCUT2D eigenvalue weighted by Gasteiger charge is -2.53. The second-order valence-electron chi connectivity index (χ2n) is 6.48. The van der Waals surface area contributed by atoms with Gasteiger partial charge in [-0.2, -0.15) is 0 Å². The van der Waals surface area contributed by atoms with Crippen molar-refractivity contribution in [3.8, 4) is 0 Å². The highest BCUT2D eigenvalue weighted by Gasteiger charge is 2.50. The first-order valence-electron chi connectivity index (χ1n) is 7.38. The molecule has 4 aliphatic carbocycles. The number of Topliss-reactive ketones (excluding diaryl/α,β-unsaturated/α-hetero) is 1. The molecule has 4 saturated carbocycles. The Hall–Kier alpha value is -0.370. The van der Waals surface area contributed by atoms with Crippen molar-refractivity contribution in [2.24, 2.45) is 29.6 Å². The molecule has 0 saturated heterocycles. The molecule has 17 heavy (non-hydrogen) atoms. The third-order valence-corrected chi connectivity index (χ3v) is 5.19. The summed E-state index contributed by atoms with van der Waals surface area (Å²) < 4.78 is 5.45. The van der Waals surface area contributed by atoms with Crippen LogP contribution in [0, 0.1) is 29.6 Å². The summed E-state index contributed by atoms with van der Waals surface area (Å²) in [5.41, 5.74) is 0. The van der Waals surface area contributed by atoms with Crippen molar-refractivity contribution in [1.29, 1.82) is 0 Å². The lowest BCUT2D eigenvalue weighted by atomic mass is 9.51. The highest BCUT2D eigenvalue weighted by atomic mass is 16.5. The van der Waals surface area contributed by atoms with Crippen LogP contribution in [-0.2, 0) is 9.53 Å². The van der Waals surface area contributed by atoms with Gasteiger partial charge in [-0.1, -0.05) is 6.92 Å². The second kappa shape index (κ2) is 4.72. The van der Waals surface area contributed by atoms with E-state index < -0.39 is 0 Å². The van der Waals surface area contributed by atoms with E-state index >= 15 is 0 Å². The van der Waals surface area contributed by atoms with Gasteiger partial charge in [0.25, 0.3) is 0 Å². The number of hydrogen-bond donors (Lipinski definition) is 0. The summed E-state index contributed by atoms with van der Waals surface area (Å²) >= 11 is 0. The molecule has 0 atom stereocenters. The van der Waals surface area contributed by atoms with Gasteiger partial charge in [0.1, 0.15) is 6.61 Å². The molecule has 4 rings (SSSR count). The Morgan fingerprint density at radius 2 is 1.65 bits per heavy atom. The molecule has 4 bridgehead atoms. The predicted octanol–water partition coefficient (Wildman–Crippen LogP) is 3.05. The van der Waals surface area contributed by atoms with Crippen LogP contribution in [0.1, 0.15) is 45.4 Å². The molecule has 0 aliphatic heterocycles. The van der Waals surface area contributed by atoms with Crippen LogP contribution < -0.4 is 0 Å². The maximum absolute atomic E-state index is 12.3. The zero-order valence-corrected chi connectivity index (χ0v) is 10.9. The molecule has 0 radical (unpaired) electrons. The third kappa shape index (κ3) is 2.16. The van der Waals surface area contributed by atoms with Crippen LogP contribution in [0.5, 0.6) is 0 Å². The van der Waals surface area contributed by atoms with Crippen molar-refractivity contribution in [2.45, 2.75) is 45.4 Å². The first-order chi connectivity index (χ1) is 8.28. The number of ether oxygens (including phenoxy) is 1. The first-order valence-corrected chi connectivity index (χ1v) is 7.38. The number of hydrogen-bond acceptors (Lipinski definition) is 2. The number of carbonyl (C=O) groups is 1. The van der Waals surface area contributed by atoms with Gasteiger partial charge in [0, 0.05) is 12.5 Å². The Bertz CT molecular complexity index is 269. The highest BCUT2D eigenvalue weighted by molar-refractivity contribution is 5.83. The Balaban J connectivity index is 1.61. The lowest BCUT2D eigenvalue weighted by molar-refractivity contribution is -0.140. The molecule has 4 fully saturated rings. The molecule has 0 aromatic rings. The van der Waals surface area contributed by atoms with Crippen LogP contribution in [0.2, 0.25) is 0 Å². The van der Waals surface area contributed by atoms with Gasteiger partial charge in [0.2, 0.25) is 0 Å². The molecule has 2 heteroatoms. The topological polar surface area (TPSA) is 26.3 Å². The average Bonchev–Trinajstić information content (AvgIpc) is 2.27. The van der Waals surface area contributed by atoms with Gasteiger partial charge in [-0.15, -0.1) is 0 Å². The summed E-state index contributed by atoms with van der Waals surface area (Å²) in [6, 6.07) is 0. The number of ketones is 1. The fourth-order valence-electron chi connectivity index (χ4n) is 4.86. The van der Waals surface area contributed by atoms with Crippen LogP contribution in [0.25, 0.3) is 0 Å². The molecule has 0 N–H and O–H groups in total. The van der Waals surface area contributed by atoms with E-state index in [0.717, 1.165) is 24.9 Å². The number of rotatable bonds is 5. The Labute approximate surface area is 104 Å². The minimum atomic E-state index is 0.361. The van der Waals surface area contributed by atoms with Crippen molar-refractivity contribution in [3.63, 3.8) is 0 Å². The molecule has 0 amide bonds. The molecule has 0 heterocycles. The minimum absolute atomic E-state index is 0.361. The van der Waals surface area contributed by atoms with Crippen LogP contribution in [0.4, 0.5) is 0 Å². The summed E-state index contributed by atoms with van der Waals surface area (Å²) in [6.07, 6.45) is 7.79. The standard InChI is InChI=1S/C15H24O2/c1-2-3-17-9-14(16)15-12-5-10-4-11(7-12)8-13(15)6-10/h10-13,15H,2-9H2,1H3. The summed E-state index contributed by atoms with van der Waals surface area (Å²) in [6.45, 7) is 3.20. The van der Waals surface area contributed by atoms with E-state index in [1.54, 1.807) is 0 Å². The normalized spacial score (nSPS) is 43.0. The quantitative estimate of drug-likeness (QED) is 0.686. The molecule has 0 aromatic heterocycles. The molecule has 0 aromatic carbocycles. The van der Waals surface area contributed by atoms with Crippen LogP contribution in [0.3, 0.4) is 0 Å². The predicted molar refractivity (Wildman–Crippen MR) is 66.7 cm³/mol. The largest absolute Gasteiger partial charge is 0.374 e. The Morgan fingerprint density at radius 3 is 2.18 bits per heavy atom. The zero-order valence-electron chi connectivity index (χ0n) is 10.9. The average molecular weight is 236 g/mol. The SMILES string of the molecule is CCCOCC(=O)C1C2CC3CC(C2)CC1C3. The maximum atomic E-state index is 12.3. The first kappa shape index (κ1) is 11.7. The van der Waals surface area contributed by atoms with Crippen LogP contribution in [-0.4, -0.2) is 19.0 Å². The van der Waals surface area contributed by atoms with Gasteiger partial charge >= 0.3 is 0 Å². The molecule has 4 aliphatic rings. The van der Waals surface area contributed by atoms with Gasteiger partial charge in [0.15, 0.2) is 5.78 Å². The van der Waals surface area contributed by atoms with E-state index in [1.807, 2.05) is 0 Å². The van der Waals surface area contributed by atoms with E-state index in [-0.39, 0.29) is 0 Å². The van der Waals surface area contributed by atoms with Crippen molar-refractivity contribution in [1.82, 2.24) is 0 Å². The van der Waals surface area contributed by atoms with Crippen LogP contribution >= 0.6 is 0 Å². The minimum Gasteiger partial charge on any atom is -0.374 e. The summed E-state index contributed by atoms with van der Waals surface area (Å²) in [5.74, 6) is 4.11. The van der Waals surface area contributed by atoms with E-state index in [0.29, 0.717) is 30.1 Å². The van der Waals surface area contributed by atoms with Crippen LogP contribution in [0.15, 0.2) is 0 Å². The fourth-order valence-corrected chi connectivity index (χ4v) is 4.86. The van der Waals surface area contributed by atoms with Gasteiger partial charge in [-0.05, 0) is 62.2 Å². The van der Waals surface area contributed by atoms with Gasteiger partial charge in [-0.25, -0.2) is 0 Å². The monoisotopic (exact) mass is 236 g/mol. The fraction of sp³-hybridized carbons (Fsp3) is 0.933. The molecule has 96 valence electrons. The molecule has 0 spiro atoms. The summed E-state index contributed by atoms with van der Waals surface area (Å²) in [5, 5.41) is 0. The van der Waals surface area contributed by atoms with Crippen molar-refractivity contribution in [2.75, 3.05) is 13.2 Å². The molecule has 0 unspecified atom stereocenters. The maximum Gasteiger partial charge on any atom is 0.162 e. The van der Waals surface area contributed by atoms with Crippen molar-refractivity contribution >= 4 is 5.78 Å². The van der Waals surface area contributed by atoms with Crippen molar-refractivity contribution < 1.29 is 9.53 Å². The lowest BCUT2D eigenvalue weighted by Crippen LogP contribution is -2.48. The van der Waals surface area contributed by atoms with Gasteiger partial charge < -0.3 is 4.74 Å². The van der Waals surface area contributed by atoms with E-state index in [4.69, 9.17) is 4.74 Å². The molecular formula is C15H24O2. The van der Waals surface area contributed by atoms with Crippen molar-refractivity contribution in [3.05, 3.63) is 0 Å².